The van der Waals surface area contributed by atoms with Crippen molar-refractivity contribution in [3.8, 4) is 0 Å². The van der Waals surface area contributed by atoms with Gasteiger partial charge in [0, 0.05) is 30.9 Å². The fourth-order valence-electron chi connectivity index (χ4n) is 3.16. The molecule has 0 aromatic heterocycles. The van der Waals surface area contributed by atoms with Crippen LogP contribution in [0.5, 0.6) is 0 Å². The number of amidine groups is 1. The summed E-state index contributed by atoms with van der Waals surface area (Å²) in [5, 5.41) is 5.58. The van der Waals surface area contributed by atoms with Crippen LogP contribution in [0.25, 0.3) is 0 Å². The van der Waals surface area contributed by atoms with Crippen molar-refractivity contribution in [1.29, 1.82) is 0 Å². The maximum absolute atomic E-state index is 5.36. The highest BCUT2D eigenvalue weighted by Gasteiger charge is 2.35. The van der Waals surface area contributed by atoms with Crippen molar-refractivity contribution in [3.05, 3.63) is 0 Å². The van der Waals surface area contributed by atoms with Crippen molar-refractivity contribution >= 4 is 16.9 Å². The molecule has 0 amide bonds. The van der Waals surface area contributed by atoms with Gasteiger partial charge in [0.15, 0.2) is 5.17 Å². The maximum Gasteiger partial charge on any atom is 0.157 e. The summed E-state index contributed by atoms with van der Waals surface area (Å²) in [4.78, 5) is 7.20. The third-order valence-electron chi connectivity index (χ3n) is 4.40. The Labute approximate surface area is 120 Å². The van der Waals surface area contributed by atoms with Gasteiger partial charge < -0.3 is 10.1 Å². The van der Waals surface area contributed by atoms with Crippen LogP contribution in [0.1, 0.15) is 26.2 Å². The highest BCUT2D eigenvalue weighted by Crippen LogP contribution is 2.36. The summed E-state index contributed by atoms with van der Waals surface area (Å²) >= 11 is 1.98. The number of fused-ring (bicyclic) bond motifs is 1. The molecule has 108 valence electrons. The smallest absolute Gasteiger partial charge is 0.157 e. The van der Waals surface area contributed by atoms with Crippen LogP contribution in [-0.4, -0.2) is 60.8 Å². The molecule has 0 aromatic rings. The van der Waals surface area contributed by atoms with Gasteiger partial charge in [0.05, 0.1) is 19.8 Å². The van der Waals surface area contributed by atoms with Crippen molar-refractivity contribution in [2.24, 2.45) is 10.9 Å². The van der Waals surface area contributed by atoms with Crippen molar-refractivity contribution in [3.63, 3.8) is 0 Å². The summed E-state index contributed by atoms with van der Waals surface area (Å²) in [6, 6.07) is 0.684. The van der Waals surface area contributed by atoms with Crippen molar-refractivity contribution in [1.82, 2.24) is 10.2 Å². The molecule has 1 N–H and O–H groups in total. The van der Waals surface area contributed by atoms with Gasteiger partial charge in [-0.2, -0.15) is 0 Å². The Hall–Kier alpha value is -0.260. The first-order valence-corrected chi connectivity index (χ1v) is 8.47. The largest absolute Gasteiger partial charge is 0.379 e. The van der Waals surface area contributed by atoms with Crippen LogP contribution in [0.15, 0.2) is 4.99 Å². The Bertz CT molecular complexity index is 331. The van der Waals surface area contributed by atoms with Gasteiger partial charge in [-0.3, -0.25) is 9.89 Å². The summed E-state index contributed by atoms with van der Waals surface area (Å²) in [6.45, 7) is 8.26. The molecule has 1 aliphatic carbocycles. The number of nitrogens with one attached hydrogen (secondary N) is 1. The van der Waals surface area contributed by atoms with Gasteiger partial charge in [0.2, 0.25) is 0 Å². The van der Waals surface area contributed by atoms with Gasteiger partial charge in [0.25, 0.3) is 0 Å². The predicted molar refractivity (Wildman–Crippen MR) is 80.9 cm³/mol. The van der Waals surface area contributed by atoms with E-state index < -0.39 is 0 Å². The summed E-state index contributed by atoms with van der Waals surface area (Å²) in [7, 11) is 0. The Morgan fingerprint density at radius 1 is 1.37 bits per heavy atom. The van der Waals surface area contributed by atoms with Crippen LogP contribution in [-0.2, 0) is 4.74 Å². The molecule has 1 saturated carbocycles. The minimum absolute atomic E-state index is 0.684. The number of aliphatic imine (C=N–C) groups is 1. The molecule has 0 radical (unpaired) electrons. The van der Waals surface area contributed by atoms with Gasteiger partial charge in [-0.15, -0.1) is 0 Å². The summed E-state index contributed by atoms with van der Waals surface area (Å²) in [6.07, 6.45) is 4.04. The normalized spacial score (nSPS) is 38.2. The van der Waals surface area contributed by atoms with E-state index in [1.165, 1.54) is 24.4 Å². The Kier molecular flexibility index (Phi) is 4.66. The van der Waals surface area contributed by atoms with Crippen LogP contribution in [0.2, 0.25) is 0 Å². The van der Waals surface area contributed by atoms with Crippen LogP contribution >= 0.6 is 11.8 Å². The van der Waals surface area contributed by atoms with Gasteiger partial charge in [-0.05, 0) is 25.2 Å². The highest BCUT2D eigenvalue weighted by molar-refractivity contribution is 8.14. The predicted octanol–water partition coefficient (Wildman–Crippen LogP) is 1.57. The average Bonchev–Trinajstić information content (AvgIpc) is 2.82. The van der Waals surface area contributed by atoms with Crippen LogP contribution in [0.3, 0.4) is 0 Å². The standard InChI is InChI=1S/C14H25N3OS/c1-11-2-3-12-13(10-11)19-14(16-12)15-4-5-17-6-8-18-9-7-17/h11-13H,2-10H2,1H3,(H,15,16). The monoisotopic (exact) mass is 283 g/mol. The fraction of sp³-hybridized carbons (Fsp3) is 0.929. The van der Waals surface area contributed by atoms with Crippen molar-refractivity contribution in [2.45, 2.75) is 37.5 Å². The lowest BCUT2D eigenvalue weighted by Gasteiger charge is -2.27. The molecule has 5 heteroatoms. The molecule has 3 aliphatic rings. The van der Waals surface area contributed by atoms with E-state index in [0.29, 0.717) is 6.04 Å². The molecule has 4 nitrogen and oxygen atoms in total. The topological polar surface area (TPSA) is 36.9 Å². The average molecular weight is 283 g/mol. The second kappa shape index (κ2) is 6.46. The second-order valence-corrected chi connectivity index (χ2v) is 7.19. The number of thioether (sulfide) groups is 1. The fourth-order valence-corrected chi connectivity index (χ4v) is 4.63. The molecule has 3 rings (SSSR count). The van der Waals surface area contributed by atoms with Gasteiger partial charge in [0.1, 0.15) is 0 Å². The first-order chi connectivity index (χ1) is 9.31. The van der Waals surface area contributed by atoms with Crippen LogP contribution < -0.4 is 5.32 Å². The van der Waals surface area contributed by atoms with E-state index in [2.05, 4.69) is 17.1 Å². The lowest BCUT2D eigenvalue weighted by molar-refractivity contribution is 0.0394. The minimum Gasteiger partial charge on any atom is -0.379 e. The lowest BCUT2D eigenvalue weighted by Crippen LogP contribution is -2.38. The van der Waals surface area contributed by atoms with Gasteiger partial charge in [-0.1, -0.05) is 18.7 Å². The lowest BCUT2D eigenvalue weighted by atomic mass is 9.87. The molecule has 3 atom stereocenters. The molecule has 0 aromatic carbocycles. The first-order valence-electron chi connectivity index (χ1n) is 7.59. The second-order valence-electron chi connectivity index (χ2n) is 5.97. The van der Waals surface area contributed by atoms with E-state index in [1.807, 2.05) is 11.8 Å². The molecule has 2 aliphatic heterocycles. The molecular weight excluding hydrogens is 258 g/mol. The van der Waals surface area contributed by atoms with Gasteiger partial charge >= 0.3 is 0 Å². The van der Waals surface area contributed by atoms with E-state index in [0.717, 1.165) is 50.6 Å². The van der Waals surface area contributed by atoms with E-state index in [-0.39, 0.29) is 0 Å². The zero-order chi connectivity index (χ0) is 13.1. The SMILES string of the molecule is CC1CCC2NC(=NCCN3CCOCC3)SC2C1. The molecule has 19 heavy (non-hydrogen) atoms. The van der Waals surface area contributed by atoms with Gasteiger partial charge in [-0.25, -0.2) is 0 Å². The van der Waals surface area contributed by atoms with E-state index in [9.17, 15) is 0 Å². The molecule has 2 saturated heterocycles. The van der Waals surface area contributed by atoms with E-state index >= 15 is 0 Å². The zero-order valence-electron chi connectivity index (χ0n) is 11.8. The third-order valence-corrected chi connectivity index (χ3v) is 5.70. The Morgan fingerprint density at radius 3 is 3.05 bits per heavy atom. The molecule has 2 heterocycles. The van der Waals surface area contributed by atoms with Crippen LogP contribution in [0, 0.1) is 5.92 Å². The molecule has 0 spiro atoms. The number of morpholine rings is 1. The number of rotatable bonds is 3. The molecule has 3 fully saturated rings. The summed E-state index contributed by atoms with van der Waals surface area (Å²) < 4.78 is 5.36. The van der Waals surface area contributed by atoms with Crippen LogP contribution in [0.4, 0.5) is 0 Å². The molecular formula is C14H25N3OS. The summed E-state index contributed by atoms with van der Waals surface area (Å²) in [5.74, 6) is 0.892. The summed E-state index contributed by atoms with van der Waals surface area (Å²) in [5.41, 5.74) is 0. The number of hydrogen-bond acceptors (Lipinski definition) is 4. The Morgan fingerprint density at radius 2 is 2.21 bits per heavy atom. The third kappa shape index (κ3) is 3.64. The van der Waals surface area contributed by atoms with E-state index in [1.54, 1.807) is 0 Å². The molecule has 0 bridgehead atoms. The number of nitrogens with zero attached hydrogens (tertiary/aromatic N) is 2. The first kappa shape index (κ1) is 13.7. The quantitative estimate of drug-likeness (QED) is 0.853. The number of hydrogen-bond donors (Lipinski definition) is 1. The zero-order valence-corrected chi connectivity index (χ0v) is 12.6. The van der Waals surface area contributed by atoms with Crippen molar-refractivity contribution in [2.75, 3.05) is 39.4 Å². The minimum atomic E-state index is 0.684. The molecule has 3 unspecified atom stereocenters. The number of ether oxygens (including phenoxy) is 1. The Balaban J connectivity index is 1.43. The highest BCUT2D eigenvalue weighted by atomic mass is 32.2. The van der Waals surface area contributed by atoms with Crippen molar-refractivity contribution < 1.29 is 4.74 Å². The van der Waals surface area contributed by atoms with E-state index in [4.69, 9.17) is 9.73 Å². The maximum atomic E-state index is 5.36.